The van der Waals surface area contributed by atoms with Crippen molar-refractivity contribution in [1.82, 2.24) is 0 Å². The number of nitrogens with two attached hydrogens (primary N) is 1. The van der Waals surface area contributed by atoms with Crippen molar-refractivity contribution in [2.24, 2.45) is 10.9 Å². The van der Waals surface area contributed by atoms with Crippen molar-refractivity contribution in [1.29, 1.82) is 0 Å². The Labute approximate surface area is 139 Å². The van der Waals surface area contributed by atoms with Crippen LogP contribution in [0.15, 0.2) is 47.6 Å². The van der Waals surface area contributed by atoms with E-state index in [4.69, 9.17) is 22.5 Å². The zero-order valence-corrected chi connectivity index (χ0v) is 13.6. The molecule has 0 aromatic heterocycles. The van der Waals surface area contributed by atoms with Crippen LogP contribution in [-0.2, 0) is 0 Å². The van der Waals surface area contributed by atoms with Gasteiger partial charge in [0.1, 0.15) is 0 Å². The Morgan fingerprint density at radius 3 is 2.43 bits per heavy atom. The lowest BCUT2D eigenvalue weighted by Crippen LogP contribution is -2.15. The third kappa shape index (κ3) is 3.85. The van der Waals surface area contributed by atoms with Gasteiger partial charge >= 0.3 is 0 Å². The van der Waals surface area contributed by atoms with Crippen molar-refractivity contribution in [3.63, 3.8) is 0 Å². The summed E-state index contributed by atoms with van der Waals surface area (Å²) in [5.74, 6) is -0.346. The van der Waals surface area contributed by atoms with Gasteiger partial charge in [-0.05, 0) is 65.1 Å². The molecule has 0 aliphatic heterocycles. The third-order valence-electron chi connectivity index (χ3n) is 2.72. The van der Waals surface area contributed by atoms with Crippen molar-refractivity contribution in [2.75, 3.05) is 5.32 Å². The Kier molecular flexibility index (Phi) is 5.03. The van der Waals surface area contributed by atoms with Crippen LogP contribution in [0.4, 0.5) is 5.69 Å². The summed E-state index contributed by atoms with van der Waals surface area (Å²) in [5.41, 5.74) is 6.88. The molecular formula is C14H11ClIN3O2. The first-order valence-electron chi connectivity index (χ1n) is 5.85. The van der Waals surface area contributed by atoms with E-state index in [-0.39, 0.29) is 11.7 Å². The van der Waals surface area contributed by atoms with Gasteiger partial charge in [-0.2, -0.15) is 0 Å². The minimum Gasteiger partial charge on any atom is -0.409 e. The summed E-state index contributed by atoms with van der Waals surface area (Å²) >= 11 is 8.20. The fourth-order valence-electron chi connectivity index (χ4n) is 1.63. The number of rotatable bonds is 3. The third-order valence-corrected chi connectivity index (χ3v) is 3.77. The summed E-state index contributed by atoms with van der Waals surface area (Å²) in [6.45, 7) is 0. The lowest BCUT2D eigenvalue weighted by molar-refractivity contribution is 0.102. The van der Waals surface area contributed by atoms with Crippen molar-refractivity contribution >= 4 is 51.6 Å². The van der Waals surface area contributed by atoms with Crippen LogP contribution in [-0.4, -0.2) is 17.0 Å². The number of nitrogens with zero attached hydrogens (tertiary/aromatic N) is 1. The monoisotopic (exact) mass is 415 g/mol. The molecule has 2 aromatic rings. The average molecular weight is 416 g/mol. The number of nitrogens with one attached hydrogen (secondary N) is 1. The van der Waals surface area contributed by atoms with E-state index in [2.05, 4.69) is 33.1 Å². The fourth-order valence-corrected chi connectivity index (χ4v) is 2.16. The molecule has 0 atom stereocenters. The van der Waals surface area contributed by atoms with Crippen molar-refractivity contribution in [3.05, 3.63) is 62.2 Å². The molecule has 0 saturated heterocycles. The quantitative estimate of drug-likeness (QED) is 0.236. The van der Waals surface area contributed by atoms with E-state index >= 15 is 0 Å². The van der Waals surface area contributed by atoms with Crippen LogP contribution in [0, 0.1) is 3.57 Å². The Hall–Kier alpha value is -1.80. The van der Waals surface area contributed by atoms with E-state index in [1.165, 1.54) is 0 Å². The number of anilines is 1. The van der Waals surface area contributed by atoms with Crippen LogP contribution in [0.1, 0.15) is 15.9 Å². The number of halogens is 2. The number of carbonyl (C=O) groups is 1. The van der Waals surface area contributed by atoms with Crippen LogP contribution in [0.5, 0.6) is 0 Å². The smallest absolute Gasteiger partial charge is 0.255 e. The van der Waals surface area contributed by atoms with E-state index in [0.29, 0.717) is 21.8 Å². The number of hydrogen-bond donors (Lipinski definition) is 3. The number of hydrogen-bond acceptors (Lipinski definition) is 3. The van der Waals surface area contributed by atoms with Gasteiger partial charge in [-0.25, -0.2) is 0 Å². The lowest BCUT2D eigenvalue weighted by Gasteiger charge is -2.09. The highest BCUT2D eigenvalue weighted by atomic mass is 127. The predicted octanol–water partition coefficient (Wildman–Crippen LogP) is 3.29. The van der Waals surface area contributed by atoms with Gasteiger partial charge in [-0.15, -0.1) is 0 Å². The van der Waals surface area contributed by atoms with Crippen LogP contribution in [0.25, 0.3) is 0 Å². The Balaban J connectivity index is 2.26. The molecule has 0 fully saturated rings. The number of oxime groups is 1. The zero-order valence-electron chi connectivity index (χ0n) is 10.7. The van der Waals surface area contributed by atoms with E-state index in [9.17, 15) is 4.79 Å². The van der Waals surface area contributed by atoms with Gasteiger partial charge in [-0.1, -0.05) is 16.8 Å². The van der Waals surface area contributed by atoms with Crippen LogP contribution in [0.3, 0.4) is 0 Å². The molecule has 0 heterocycles. The summed E-state index contributed by atoms with van der Waals surface area (Å²) in [7, 11) is 0. The van der Waals surface area contributed by atoms with Crippen molar-refractivity contribution < 1.29 is 10.0 Å². The summed E-state index contributed by atoms with van der Waals surface area (Å²) in [6, 6.07) is 11.8. The maximum atomic E-state index is 12.1. The largest absolute Gasteiger partial charge is 0.409 e. The minimum atomic E-state index is -0.287. The molecular weight excluding hydrogens is 405 g/mol. The maximum Gasteiger partial charge on any atom is 0.255 e. The average Bonchev–Trinajstić information content (AvgIpc) is 2.49. The zero-order chi connectivity index (χ0) is 15.4. The molecule has 0 aliphatic carbocycles. The molecule has 4 N–H and O–H groups in total. The fraction of sp³-hybridized carbons (Fsp3) is 0. The molecule has 0 radical (unpaired) electrons. The Bertz CT molecular complexity index is 702. The highest BCUT2D eigenvalue weighted by molar-refractivity contribution is 14.1. The van der Waals surface area contributed by atoms with Gasteiger partial charge in [0, 0.05) is 14.7 Å². The number of benzene rings is 2. The topological polar surface area (TPSA) is 87.7 Å². The molecule has 1 amide bonds. The van der Waals surface area contributed by atoms with E-state index in [0.717, 1.165) is 3.57 Å². The molecule has 108 valence electrons. The summed E-state index contributed by atoms with van der Waals surface area (Å²) in [5, 5.41) is 14.7. The normalized spacial score (nSPS) is 11.2. The first-order chi connectivity index (χ1) is 10.0. The molecule has 0 spiro atoms. The Morgan fingerprint density at radius 2 is 1.81 bits per heavy atom. The highest BCUT2D eigenvalue weighted by Crippen LogP contribution is 2.23. The minimum absolute atomic E-state index is 0.0589. The molecule has 0 aliphatic rings. The van der Waals surface area contributed by atoms with Gasteiger partial charge in [0.15, 0.2) is 5.84 Å². The number of carbonyl (C=O) groups excluding carboxylic acids is 1. The lowest BCUT2D eigenvalue weighted by atomic mass is 10.1. The summed E-state index contributed by atoms with van der Waals surface area (Å²) in [6.07, 6.45) is 0. The second-order valence-corrected chi connectivity index (χ2v) is 5.79. The second kappa shape index (κ2) is 6.77. The second-order valence-electron chi connectivity index (χ2n) is 4.14. The van der Waals surface area contributed by atoms with Crippen LogP contribution in [0.2, 0.25) is 5.02 Å². The SMILES string of the molecule is N/C(=N/O)c1ccc(Cl)c(NC(=O)c2ccc(I)cc2)c1. The van der Waals surface area contributed by atoms with Crippen LogP contribution >= 0.6 is 34.2 Å². The van der Waals surface area contributed by atoms with E-state index < -0.39 is 0 Å². The van der Waals surface area contributed by atoms with Crippen molar-refractivity contribution in [2.45, 2.75) is 0 Å². The number of amidine groups is 1. The molecule has 0 saturated carbocycles. The molecule has 0 bridgehead atoms. The molecule has 21 heavy (non-hydrogen) atoms. The molecule has 2 rings (SSSR count). The predicted molar refractivity (Wildman–Crippen MR) is 91.1 cm³/mol. The molecule has 2 aromatic carbocycles. The van der Waals surface area contributed by atoms with E-state index in [1.54, 1.807) is 30.3 Å². The summed E-state index contributed by atoms with van der Waals surface area (Å²) < 4.78 is 1.04. The first-order valence-corrected chi connectivity index (χ1v) is 7.31. The first kappa shape index (κ1) is 15.6. The van der Waals surface area contributed by atoms with Gasteiger partial charge in [0.25, 0.3) is 5.91 Å². The maximum absolute atomic E-state index is 12.1. The summed E-state index contributed by atoms with van der Waals surface area (Å²) in [4.78, 5) is 12.1. The molecule has 5 nitrogen and oxygen atoms in total. The van der Waals surface area contributed by atoms with Gasteiger partial charge in [-0.3, -0.25) is 4.79 Å². The van der Waals surface area contributed by atoms with Gasteiger partial charge < -0.3 is 16.3 Å². The highest BCUT2D eigenvalue weighted by Gasteiger charge is 2.10. The van der Waals surface area contributed by atoms with Gasteiger partial charge in [0.05, 0.1) is 10.7 Å². The van der Waals surface area contributed by atoms with E-state index in [1.807, 2.05) is 12.1 Å². The molecule has 0 unspecified atom stereocenters. The standard InChI is InChI=1S/C14H11ClIN3O2/c15-11-6-3-9(13(17)19-21)7-12(11)18-14(20)8-1-4-10(16)5-2-8/h1-7,21H,(H2,17,19)(H,18,20). The molecule has 7 heteroatoms. The van der Waals surface area contributed by atoms with Crippen LogP contribution < -0.4 is 11.1 Å². The van der Waals surface area contributed by atoms with Crippen molar-refractivity contribution in [3.8, 4) is 0 Å². The Morgan fingerprint density at radius 1 is 1.19 bits per heavy atom. The number of amides is 1. The van der Waals surface area contributed by atoms with Gasteiger partial charge in [0.2, 0.25) is 0 Å².